The van der Waals surface area contributed by atoms with Crippen LogP contribution in [-0.2, 0) is 22.3 Å². The molecule has 1 aliphatic rings. The Balaban J connectivity index is 0.000000982. The van der Waals surface area contributed by atoms with Crippen LogP contribution in [0.25, 0.3) is 0 Å². The molecule has 1 saturated heterocycles. The summed E-state index contributed by atoms with van der Waals surface area (Å²) in [5.41, 5.74) is 0.862. The number of hydrogen-bond donors (Lipinski definition) is 1. The molecule has 0 radical (unpaired) electrons. The summed E-state index contributed by atoms with van der Waals surface area (Å²) < 4.78 is 15.8. The van der Waals surface area contributed by atoms with Gasteiger partial charge >= 0.3 is 0 Å². The number of hydrogen-bond acceptors (Lipinski definition) is 3. The first-order valence-electron chi connectivity index (χ1n) is 11.7. The zero-order valence-electron chi connectivity index (χ0n) is 21.9. The number of anilines is 1. The summed E-state index contributed by atoms with van der Waals surface area (Å²) in [5, 5.41) is 4.79. The molecule has 0 aromatic heterocycles. The van der Waals surface area contributed by atoms with Crippen LogP contribution < -0.4 is 4.72 Å². The highest BCUT2D eigenvalue weighted by Crippen LogP contribution is 2.33. The lowest BCUT2D eigenvalue weighted by Crippen LogP contribution is -2.36. The van der Waals surface area contributed by atoms with Gasteiger partial charge in [-0.05, 0) is 70.5 Å². The largest absolute Gasteiger partial charge is 0.301 e. The zero-order chi connectivity index (χ0) is 27.5. The van der Waals surface area contributed by atoms with E-state index in [0.29, 0.717) is 38.7 Å². The number of nitrogens with one attached hydrogen (secondary N) is 1. The van der Waals surface area contributed by atoms with Crippen LogP contribution in [0.4, 0.5) is 5.69 Å². The molecule has 3 rings (SSSR count). The molecule has 5 nitrogen and oxygen atoms in total. The van der Waals surface area contributed by atoms with Gasteiger partial charge in [-0.1, -0.05) is 72.9 Å². The molecule has 0 bridgehead atoms. The van der Waals surface area contributed by atoms with E-state index in [4.69, 9.17) is 34.8 Å². The van der Waals surface area contributed by atoms with Gasteiger partial charge in [0.05, 0.1) is 39.1 Å². The first-order valence-corrected chi connectivity index (χ1v) is 14.0. The molecule has 198 valence electrons. The van der Waals surface area contributed by atoms with Crippen LogP contribution in [0.5, 0.6) is 0 Å². The van der Waals surface area contributed by atoms with Crippen molar-refractivity contribution in [2.24, 2.45) is 5.41 Å². The third kappa shape index (κ3) is 8.84. The van der Waals surface area contributed by atoms with Gasteiger partial charge in [0.1, 0.15) is 11.0 Å². The maximum atomic E-state index is 12.9. The molecule has 1 aliphatic heterocycles. The molecule has 1 heterocycles. The van der Waals surface area contributed by atoms with Gasteiger partial charge in [-0.25, -0.2) is 9.22 Å². The Kier molecular flexibility index (Phi) is 13.6. The van der Waals surface area contributed by atoms with E-state index < -0.39 is 16.4 Å². The second-order valence-electron chi connectivity index (χ2n) is 8.24. The van der Waals surface area contributed by atoms with Crippen molar-refractivity contribution in [3.05, 3.63) is 81.5 Å². The predicted molar refractivity (Wildman–Crippen MR) is 156 cm³/mol. The predicted octanol–water partition coefficient (Wildman–Crippen LogP) is 8.51. The fourth-order valence-corrected chi connectivity index (χ4v) is 4.64. The van der Waals surface area contributed by atoms with Gasteiger partial charge in [0.2, 0.25) is 5.91 Å². The molecular weight excluding hydrogens is 537 g/mol. The minimum atomic E-state index is -1.59. The highest BCUT2D eigenvalue weighted by atomic mass is 35.5. The minimum absolute atomic E-state index is 0.0205. The Hall–Kier alpha value is -1.99. The standard InChI is InChI=1S/C21H22Cl3N3O2S.C4H8.C2H6/c1-4-9-26-13-21(2,3)20(28)27(26)12-14-5-6-15(22)10-19(14)25-30(29)16-7-8-17(23)18(24)11-16;1-3-4-2;1-2/h4-11,25H,12-13H2,1-3H3;3-4H,1-2H3;1-2H3/b9-4+;4-3-;. The number of nitrogens with zero attached hydrogens (tertiary/aromatic N) is 2. The molecule has 2 aromatic rings. The Morgan fingerprint density at radius 2 is 1.61 bits per heavy atom. The average molecular weight is 573 g/mol. The topological polar surface area (TPSA) is 52.7 Å². The van der Waals surface area contributed by atoms with Gasteiger partial charge in [0.25, 0.3) is 0 Å². The van der Waals surface area contributed by atoms with Crippen LogP contribution >= 0.6 is 34.8 Å². The number of halogens is 3. The molecule has 0 aliphatic carbocycles. The lowest BCUT2D eigenvalue weighted by Gasteiger charge is -2.27. The van der Waals surface area contributed by atoms with Crippen molar-refractivity contribution in [3.8, 4) is 0 Å². The zero-order valence-corrected chi connectivity index (χ0v) is 25.0. The summed E-state index contributed by atoms with van der Waals surface area (Å²) >= 11 is 18.2. The third-order valence-corrected chi connectivity index (χ3v) is 7.10. The smallest absolute Gasteiger partial charge is 0.248 e. The van der Waals surface area contributed by atoms with E-state index in [1.807, 2.05) is 84.0 Å². The van der Waals surface area contributed by atoms with Crippen molar-refractivity contribution >= 4 is 57.4 Å². The number of allylic oxidation sites excluding steroid dienone is 3. The quantitative estimate of drug-likeness (QED) is 0.353. The lowest BCUT2D eigenvalue weighted by molar-refractivity contribution is -0.141. The van der Waals surface area contributed by atoms with E-state index in [2.05, 4.69) is 4.72 Å². The van der Waals surface area contributed by atoms with Crippen molar-refractivity contribution < 1.29 is 9.00 Å². The fourth-order valence-electron chi connectivity index (χ4n) is 3.19. The number of carbonyl (C=O) groups excluding carboxylic acids is 1. The van der Waals surface area contributed by atoms with E-state index in [-0.39, 0.29) is 5.91 Å². The minimum Gasteiger partial charge on any atom is -0.301 e. The van der Waals surface area contributed by atoms with Gasteiger partial charge in [-0.15, -0.1) is 0 Å². The molecule has 1 unspecified atom stereocenters. The van der Waals surface area contributed by atoms with Crippen LogP contribution in [0.1, 0.15) is 54.0 Å². The maximum absolute atomic E-state index is 12.9. The van der Waals surface area contributed by atoms with E-state index in [9.17, 15) is 9.00 Å². The summed E-state index contributed by atoms with van der Waals surface area (Å²) in [5.74, 6) is 0.0205. The van der Waals surface area contributed by atoms with Crippen LogP contribution in [0, 0.1) is 5.41 Å². The lowest BCUT2D eigenvalue weighted by atomic mass is 9.94. The van der Waals surface area contributed by atoms with Gasteiger partial charge < -0.3 is 4.72 Å². The van der Waals surface area contributed by atoms with Crippen LogP contribution in [0.3, 0.4) is 0 Å². The van der Waals surface area contributed by atoms with Crippen molar-refractivity contribution in [2.75, 3.05) is 11.3 Å². The summed E-state index contributed by atoms with van der Waals surface area (Å²) in [6.45, 7) is 14.6. The van der Waals surface area contributed by atoms with Gasteiger partial charge in [-0.2, -0.15) is 0 Å². The summed E-state index contributed by atoms with van der Waals surface area (Å²) in [6, 6.07) is 10.0. The number of benzene rings is 2. The number of hydrazine groups is 1. The molecule has 1 amide bonds. The van der Waals surface area contributed by atoms with Crippen LogP contribution in [0.2, 0.25) is 15.1 Å². The summed E-state index contributed by atoms with van der Waals surface area (Å²) in [6.07, 6.45) is 7.77. The monoisotopic (exact) mass is 571 g/mol. The Morgan fingerprint density at radius 3 is 2.17 bits per heavy atom. The van der Waals surface area contributed by atoms with E-state index >= 15 is 0 Å². The van der Waals surface area contributed by atoms with Gasteiger partial charge in [0.15, 0.2) is 0 Å². The molecule has 1 fully saturated rings. The maximum Gasteiger partial charge on any atom is 0.248 e. The normalized spacial score (nSPS) is 15.4. The highest BCUT2D eigenvalue weighted by molar-refractivity contribution is 7.86. The first-order chi connectivity index (χ1) is 17.0. The van der Waals surface area contributed by atoms with Gasteiger partial charge in [-0.3, -0.25) is 9.80 Å². The summed E-state index contributed by atoms with van der Waals surface area (Å²) in [7, 11) is -1.59. The Labute approximate surface area is 233 Å². The SMILES string of the molecule is C/C=C/N1CC(C)(C)C(=O)N1Cc1ccc(Cl)cc1NS(=O)c1ccc(Cl)c(Cl)c1.C/C=C\C.CC. The molecular formula is C27H36Cl3N3O2S. The Bertz CT molecular complexity index is 1100. The number of rotatable bonds is 6. The molecule has 36 heavy (non-hydrogen) atoms. The second-order valence-corrected chi connectivity index (χ2v) is 10.7. The van der Waals surface area contributed by atoms with Gasteiger partial charge in [0, 0.05) is 11.2 Å². The molecule has 0 saturated carbocycles. The van der Waals surface area contributed by atoms with Crippen LogP contribution in [-0.4, -0.2) is 26.7 Å². The van der Waals surface area contributed by atoms with Crippen LogP contribution in [0.15, 0.2) is 65.7 Å². The molecule has 1 N–H and O–H groups in total. The van der Waals surface area contributed by atoms with E-state index in [1.165, 1.54) is 0 Å². The first kappa shape index (κ1) is 32.0. The average Bonchev–Trinajstić information content (AvgIpc) is 3.06. The van der Waals surface area contributed by atoms with Crippen molar-refractivity contribution in [3.63, 3.8) is 0 Å². The fraction of sp³-hybridized carbons (Fsp3) is 0.370. The number of carbonyl (C=O) groups is 1. The molecule has 2 aromatic carbocycles. The third-order valence-electron chi connectivity index (χ3n) is 5.04. The molecule has 9 heteroatoms. The van der Waals surface area contributed by atoms with E-state index in [0.717, 1.165) is 5.56 Å². The Morgan fingerprint density at radius 1 is 0.972 bits per heavy atom. The highest BCUT2D eigenvalue weighted by Gasteiger charge is 2.43. The molecule has 1 atom stereocenters. The molecule has 0 spiro atoms. The second kappa shape index (κ2) is 15.3. The van der Waals surface area contributed by atoms with Crippen molar-refractivity contribution in [1.29, 1.82) is 0 Å². The summed E-state index contributed by atoms with van der Waals surface area (Å²) in [4.78, 5) is 13.4. The van der Waals surface area contributed by atoms with Crippen molar-refractivity contribution in [2.45, 2.75) is 59.9 Å². The number of amides is 1. The van der Waals surface area contributed by atoms with Crippen molar-refractivity contribution in [1.82, 2.24) is 10.0 Å². The van der Waals surface area contributed by atoms with E-state index in [1.54, 1.807) is 35.3 Å².